The van der Waals surface area contributed by atoms with Crippen LogP contribution in [0.15, 0.2) is 12.4 Å². The predicted molar refractivity (Wildman–Crippen MR) is 76.6 cm³/mol. The van der Waals surface area contributed by atoms with Gasteiger partial charge in [-0.2, -0.15) is 0 Å². The Labute approximate surface area is 111 Å². The van der Waals surface area contributed by atoms with Gasteiger partial charge in [-0.05, 0) is 18.9 Å². The molecule has 0 fully saturated rings. The summed E-state index contributed by atoms with van der Waals surface area (Å²) in [7, 11) is 2.12. The molecule has 0 bridgehead atoms. The number of hydrogen-bond donors (Lipinski definition) is 1. The summed E-state index contributed by atoms with van der Waals surface area (Å²) in [5.41, 5.74) is 1.33. The molecule has 0 spiro atoms. The van der Waals surface area contributed by atoms with E-state index in [1.807, 2.05) is 12.4 Å². The molecule has 0 unspecified atom stereocenters. The van der Waals surface area contributed by atoms with Crippen molar-refractivity contribution in [3.05, 3.63) is 18.1 Å². The molecular formula is C14H26N4. The highest BCUT2D eigenvalue weighted by Crippen LogP contribution is 2.15. The van der Waals surface area contributed by atoms with Crippen LogP contribution < -0.4 is 5.32 Å². The van der Waals surface area contributed by atoms with Gasteiger partial charge in [0.15, 0.2) is 0 Å². The van der Waals surface area contributed by atoms with Crippen molar-refractivity contribution in [2.75, 3.05) is 25.5 Å². The average Bonchev–Trinajstić information content (AvgIpc) is 2.25. The number of aromatic nitrogens is 2. The zero-order valence-electron chi connectivity index (χ0n) is 12.3. The largest absolute Gasteiger partial charge is 0.369 e. The first kappa shape index (κ1) is 14.9. The highest BCUT2D eigenvalue weighted by molar-refractivity contribution is 5.30. The van der Waals surface area contributed by atoms with Crippen molar-refractivity contribution in [3.8, 4) is 0 Å². The zero-order valence-corrected chi connectivity index (χ0v) is 12.3. The summed E-state index contributed by atoms with van der Waals surface area (Å²) < 4.78 is 0. The second-order valence-electron chi connectivity index (χ2n) is 6.05. The summed E-state index contributed by atoms with van der Waals surface area (Å²) >= 11 is 0. The molecular weight excluding hydrogens is 224 g/mol. The van der Waals surface area contributed by atoms with Crippen molar-refractivity contribution in [3.63, 3.8) is 0 Å². The number of rotatable bonds is 6. The SMILES string of the molecule is CCCNc1cnc(CN(C)CC(C)(C)C)cn1. The van der Waals surface area contributed by atoms with E-state index >= 15 is 0 Å². The molecule has 0 radical (unpaired) electrons. The molecule has 18 heavy (non-hydrogen) atoms. The minimum absolute atomic E-state index is 0.310. The van der Waals surface area contributed by atoms with Crippen LogP contribution in [0.4, 0.5) is 5.82 Å². The quantitative estimate of drug-likeness (QED) is 0.843. The van der Waals surface area contributed by atoms with Crippen LogP contribution >= 0.6 is 0 Å². The van der Waals surface area contributed by atoms with Crippen LogP contribution in [0.5, 0.6) is 0 Å². The highest BCUT2D eigenvalue weighted by atomic mass is 15.1. The van der Waals surface area contributed by atoms with Crippen molar-refractivity contribution in [1.82, 2.24) is 14.9 Å². The maximum absolute atomic E-state index is 4.43. The minimum atomic E-state index is 0.310. The van der Waals surface area contributed by atoms with E-state index in [0.717, 1.165) is 37.6 Å². The fourth-order valence-electron chi connectivity index (χ4n) is 1.92. The molecule has 1 aromatic heterocycles. The predicted octanol–water partition coefficient (Wildman–Crippen LogP) is 2.78. The van der Waals surface area contributed by atoms with Gasteiger partial charge in [-0.15, -0.1) is 0 Å². The molecule has 0 aliphatic heterocycles. The van der Waals surface area contributed by atoms with E-state index in [1.54, 1.807) is 0 Å². The third-order valence-corrected chi connectivity index (χ3v) is 2.44. The monoisotopic (exact) mass is 250 g/mol. The number of hydrogen-bond acceptors (Lipinski definition) is 4. The molecule has 1 aromatic rings. The molecule has 0 saturated carbocycles. The van der Waals surface area contributed by atoms with Crippen LogP contribution in [0, 0.1) is 5.41 Å². The maximum Gasteiger partial charge on any atom is 0.144 e. The lowest BCUT2D eigenvalue weighted by Crippen LogP contribution is -2.29. The molecule has 1 N–H and O–H groups in total. The summed E-state index contributed by atoms with van der Waals surface area (Å²) in [5, 5.41) is 3.23. The standard InChI is InChI=1S/C14H26N4/c1-6-7-15-13-9-16-12(8-17-13)10-18(5)11-14(2,3)4/h8-9H,6-7,10-11H2,1-5H3,(H,15,17). The molecule has 1 heterocycles. The molecule has 102 valence electrons. The first-order chi connectivity index (χ1) is 8.40. The van der Waals surface area contributed by atoms with Crippen LogP contribution in [0.2, 0.25) is 0 Å². The van der Waals surface area contributed by atoms with Crippen LogP contribution in [0.1, 0.15) is 39.8 Å². The number of nitrogens with one attached hydrogen (secondary N) is 1. The Morgan fingerprint density at radius 2 is 1.94 bits per heavy atom. The van der Waals surface area contributed by atoms with E-state index in [0.29, 0.717) is 5.41 Å². The number of nitrogens with zero attached hydrogens (tertiary/aromatic N) is 3. The van der Waals surface area contributed by atoms with Gasteiger partial charge in [-0.1, -0.05) is 27.7 Å². The van der Waals surface area contributed by atoms with Gasteiger partial charge < -0.3 is 5.32 Å². The van der Waals surface area contributed by atoms with E-state index in [9.17, 15) is 0 Å². The number of anilines is 1. The fraction of sp³-hybridized carbons (Fsp3) is 0.714. The van der Waals surface area contributed by atoms with Crippen LogP contribution in [0.25, 0.3) is 0 Å². The van der Waals surface area contributed by atoms with Gasteiger partial charge in [0.25, 0.3) is 0 Å². The lowest BCUT2D eigenvalue weighted by atomic mass is 9.96. The summed E-state index contributed by atoms with van der Waals surface area (Å²) in [6.45, 7) is 11.7. The Bertz CT molecular complexity index is 340. The summed E-state index contributed by atoms with van der Waals surface area (Å²) in [5.74, 6) is 0.860. The molecule has 0 aliphatic carbocycles. The Morgan fingerprint density at radius 3 is 2.44 bits per heavy atom. The second-order valence-corrected chi connectivity index (χ2v) is 6.05. The van der Waals surface area contributed by atoms with Gasteiger partial charge in [-0.25, -0.2) is 4.98 Å². The van der Waals surface area contributed by atoms with Gasteiger partial charge in [0.1, 0.15) is 5.82 Å². The van der Waals surface area contributed by atoms with Crippen molar-refractivity contribution in [2.45, 2.75) is 40.7 Å². The molecule has 0 saturated heterocycles. The minimum Gasteiger partial charge on any atom is -0.369 e. The fourth-order valence-corrected chi connectivity index (χ4v) is 1.92. The van der Waals surface area contributed by atoms with Gasteiger partial charge in [0.05, 0.1) is 18.1 Å². The van der Waals surface area contributed by atoms with Crippen LogP contribution in [-0.4, -0.2) is 35.0 Å². The third-order valence-electron chi connectivity index (χ3n) is 2.44. The van der Waals surface area contributed by atoms with Gasteiger partial charge >= 0.3 is 0 Å². The van der Waals surface area contributed by atoms with E-state index in [1.165, 1.54) is 0 Å². The average molecular weight is 250 g/mol. The van der Waals surface area contributed by atoms with E-state index < -0.39 is 0 Å². The van der Waals surface area contributed by atoms with Gasteiger partial charge in [0.2, 0.25) is 0 Å². The van der Waals surface area contributed by atoms with Gasteiger partial charge in [0, 0.05) is 19.6 Å². The second kappa shape index (κ2) is 6.69. The summed E-state index contributed by atoms with van der Waals surface area (Å²) in [6.07, 6.45) is 4.77. The first-order valence-electron chi connectivity index (χ1n) is 6.64. The molecule has 4 heteroatoms. The molecule has 0 aliphatic rings. The van der Waals surface area contributed by atoms with E-state index in [2.05, 4.69) is 54.9 Å². The Kier molecular flexibility index (Phi) is 5.54. The zero-order chi connectivity index (χ0) is 13.6. The summed E-state index contributed by atoms with van der Waals surface area (Å²) in [4.78, 5) is 11.1. The van der Waals surface area contributed by atoms with E-state index in [-0.39, 0.29) is 0 Å². The third kappa shape index (κ3) is 5.96. The molecule has 1 rings (SSSR count). The Hall–Kier alpha value is -1.16. The normalized spacial score (nSPS) is 11.9. The van der Waals surface area contributed by atoms with Crippen molar-refractivity contribution < 1.29 is 0 Å². The maximum atomic E-state index is 4.43. The summed E-state index contributed by atoms with van der Waals surface area (Å²) in [6, 6.07) is 0. The smallest absolute Gasteiger partial charge is 0.144 e. The highest BCUT2D eigenvalue weighted by Gasteiger charge is 2.13. The molecule has 4 nitrogen and oxygen atoms in total. The van der Waals surface area contributed by atoms with Crippen LogP contribution in [0.3, 0.4) is 0 Å². The van der Waals surface area contributed by atoms with Crippen molar-refractivity contribution in [2.24, 2.45) is 5.41 Å². The van der Waals surface area contributed by atoms with Crippen LogP contribution in [-0.2, 0) is 6.54 Å². The Balaban J connectivity index is 2.48. The van der Waals surface area contributed by atoms with Crippen molar-refractivity contribution >= 4 is 5.82 Å². The molecule has 0 amide bonds. The first-order valence-corrected chi connectivity index (χ1v) is 6.64. The lowest BCUT2D eigenvalue weighted by Gasteiger charge is -2.26. The van der Waals surface area contributed by atoms with Gasteiger partial charge in [-0.3, -0.25) is 9.88 Å². The van der Waals surface area contributed by atoms with E-state index in [4.69, 9.17) is 0 Å². The van der Waals surface area contributed by atoms with Crippen molar-refractivity contribution in [1.29, 1.82) is 0 Å². The molecule has 0 aromatic carbocycles. The molecule has 0 atom stereocenters. The lowest BCUT2D eigenvalue weighted by molar-refractivity contribution is 0.219. The topological polar surface area (TPSA) is 41.1 Å². The Morgan fingerprint density at radius 1 is 1.22 bits per heavy atom.